The number of benzene rings is 1. The molecule has 1 aliphatic heterocycles. The minimum absolute atomic E-state index is 0.0242. The summed E-state index contributed by atoms with van der Waals surface area (Å²) in [5, 5.41) is 8.59. The van der Waals surface area contributed by atoms with E-state index in [9.17, 15) is 13.8 Å². The Labute approximate surface area is 213 Å². The second-order valence-electron chi connectivity index (χ2n) is 8.10. The van der Waals surface area contributed by atoms with Gasteiger partial charge >= 0.3 is 0 Å². The molecule has 0 saturated carbocycles. The van der Waals surface area contributed by atoms with Crippen LogP contribution in [-0.2, 0) is 17.2 Å². The van der Waals surface area contributed by atoms with Crippen molar-refractivity contribution in [1.82, 2.24) is 19.6 Å². The first kappa shape index (κ1) is 23.7. The number of nitrogens with zero attached hydrogens (tertiary/aromatic N) is 5. The lowest BCUT2D eigenvalue weighted by Gasteiger charge is -2.30. The van der Waals surface area contributed by atoms with Gasteiger partial charge in [0.15, 0.2) is 5.78 Å². The number of carbonyl (C=O) groups excluding carboxylic acids is 1. The molecule has 1 fully saturated rings. The van der Waals surface area contributed by atoms with Crippen LogP contribution in [0.25, 0.3) is 11.4 Å². The van der Waals surface area contributed by atoms with E-state index in [4.69, 9.17) is 11.6 Å². The molecule has 1 aromatic carbocycles. The van der Waals surface area contributed by atoms with Crippen LogP contribution < -0.4 is 10.5 Å². The standard InChI is InChI=1S/C24H22ClN5O3S2/c25-23-9-8-22(34-23)21(31)7-4-17-16-30(27-26-17)19-6-5-18(29-10-2-1-3-24(29)32)15-20(19)28-11-13-35(33)14-12-28/h1-3,5-6,8-10,15-16H,4,7,11-14H2. The van der Waals surface area contributed by atoms with E-state index in [-0.39, 0.29) is 11.3 Å². The summed E-state index contributed by atoms with van der Waals surface area (Å²) in [6.07, 6.45) is 4.34. The molecule has 8 nitrogen and oxygen atoms in total. The highest BCUT2D eigenvalue weighted by atomic mass is 35.5. The summed E-state index contributed by atoms with van der Waals surface area (Å²) in [6.45, 7) is 1.29. The van der Waals surface area contributed by atoms with Crippen molar-refractivity contribution in [3.05, 3.63) is 86.2 Å². The number of aryl methyl sites for hydroxylation is 1. The van der Waals surface area contributed by atoms with Crippen molar-refractivity contribution in [2.24, 2.45) is 0 Å². The average Bonchev–Trinajstić information content (AvgIpc) is 3.52. The van der Waals surface area contributed by atoms with Crippen LogP contribution >= 0.6 is 22.9 Å². The maximum absolute atomic E-state index is 12.4. The van der Waals surface area contributed by atoms with Gasteiger partial charge in [0.1, 0.15) is 0 Å². The van der Waals surface area contributed by atoms with E-state index in [0.717, 1.165) is 17.1 Å². The first-order valence-electron chi connectivity index (χ1n) is 11.1. The van der Waals surface area contributed by atoms with Gasteiger partial charge in [0.05, 0.1) is 38.2 Å². The van der Waals surface area contributed by atoms with Crippen LogP contribution in [0, 0.1) is 0 Å². The molecule has 0 bridgehead atoms. The zero-order valence-electron chi connectivity index (χ0n) is 18.7. The lowest BCUT2D eigenvalue weighted by atomic mass is 10.1. The molecular formula is C24H22ClN5O3S2. The summed E-state index contributed by atoms with van der Waals surface area (Å²) in [4.78, 5) is 27.6. The fourth-order valence-electron chi connectivity index (χ4n) is 3.99. The van der Waals surface area contributed by atoms with Crippen LogP contribution in [0.4, 0.5) is 5.69 Å². The monoisotopic (exact) mass is 527 g/mol. The summed E-state index contributed by atoms with van der Waals surface area (Å²) in [5.74, 6) is 1.20. The smallest absolute Gasteiger partial charge is 0.255 e. The van der Waals surface area contributed by atoms with E-state index >= 15 is 0 Å². The summed E-state index contributed by atoms with van der Waals surface area (Å²) < 4.78 is 15.8. The molecule has 0 N–H and O–H groups in total. The summed E-state index contributed by atoms with van der Waals surface area (Å²) in [6, 6.07) is 14.2. The van der Waals surface area contributed by atoms with Gasteiger partial charge in [0, 0.05) is 60.5 Å². The molecule has 1 saturated heterocycles. The van der Waals surface area contributed by atoms with Gasteiger partial charge in [-0.15, -0.1) is 16.4 Å². The van der Waals surface area contributed by atoms with Crippen LogP contribution in [0.1, 0.15) is 21.8 Å². The Balaban J connectivity index is 1.43. The van der Waals surface area contributed by atoms with Crippen molar-refractivity contribution < 1.29 is 9.00 Å². The van der Waals surface area contributed by atoms with Crippen molar-refractivity contribution in [1.29, 1.82) is 0 Å². The molecule has 0 aliphatic carbocycles. The number of aromatic nitrogens is 4. The first-order valence-corrected chi connectivity index (χ1v) is 13.8. The largest absolute Gasteiger partial charge is 0.368 e. The second kappa shape index (κ2) is 10.3. The van der Waals surface area contributed by atoms with Gasteiger partial charge in [-0.25, -0.2) is 4.68 Å². The van der Waals surface area contributed by atoms with Crippen LogP contribution in [0.2, 0.25) is 4.34 Å². The molecule has 4 aromatic rings. The average molecular weight is 528 g/mol. The zero-order chi connectivity index (χ0) is 24.4. The lowest BCUT2D eigenvalue weighted by molar-refractivity contribution is 0.0986. The maximum Gasteiger partial charge on any atom is 0.255 e. The van der Waals surface area contributed by atoms with Crippen molar-refractivity contribution in [2.75, 3.05) is 29.5 Å². The van der Waals surface area contributed by atoms with E-state index in [2.05, 4.69) is 15.2 Å². The molecule has 0 spiro atoms. The van der Waals surface area contributed by atoms with Crippen LogP contribution in [0.15, 0.2) is 65.7 Å². The maximum atomic E-state index is 12.4. The van der Waals surface area contributed by atoms with Gasteiger partial charge in [-0.2, -0.15) is 0 Å². The van der Waals surface area contributed by atoms with Gasteiger partial charge in [-0.1, -0.05) is 22.9 Å². The molecule has 4 heterocycles. The van der Waals surface area contributed by atoms with Crippen LogP contribution in [0.5, 0.6) is 0 Å². The fraction of sp³-hybridized carbons (Fsp3) is 0.250. The molecule has 11 heteroatoms. The highest BCUT2D eigenvalue weighted by Crippen LogP contribution is 2.28. The molecule has 180 valence electrons. The third-order valence-corrected chi connectivity index (χ3v) is 8.37. The minimum Gasteiger partial charge on any atom is -0.368 e. The molecule has 0 radical (unpaired) electrons. The Morgan fingerprint density at radius 3 is 2.66 bits per heavy atom. The zero-order valence-corrected chi connectivity index (χ0v) is 21.1. The van der Waals surface area contributed by atoms with Gasteiger partial charge in [0.25, 0.3) is 5.56 Å². The number of rotatable bonds is 7. The molecule has 0 unspecified atom stereocenters. The minimum atomic E-state index is -0.819. The van der Waals surface area contributed by atoms with Gasteiger partial charge in [-0.05, 0) is 36.4 Å². The lowest BCUT2D eigenvalue weighted by Crippen LogP contribution is -2.38. The van der Waals surface area contributed by atoms with Crippen molar-refractivity contribution in [3.63, 3.8) is 0 Å². The summed E-state index contributed by atoms with van der Waals surface area (Å²) >= 11 is 7.21. The predicted molar refractivity (Wildman–Crippen MR) is 139 cm³/mol. The molecule has 5 rings (SSSR count). The van der Waals surface area contributed by atoms with Crippen molar-refractivity contribution in [2.45, 2.75) is 12.8 Å². The summed E-state index contributed by atoms with van der Waals surface area (Å²) in [5.41, 5.74) is 3.01. The third kappa shape index (κ3) is 5.29. The molecule has 0 atom stereocenters. The second-order valence-corrected chi connectivity index (χ2v) is 11.5. The number of hydrogen-bond acceptors (Lipinski definition) is 7. The fourth-order valence-corrected chi connectivity index (χ4v) is 6.05. The van der Waals surface area contributed by atoms with E-state index < -0.39 is 10.8 Å². The number of halogens is 1. The first-order chi connectivity index (χ1) is 17.0. The van der Waals surface area contributed by atoms with E-state index in [1.165, 1.54) is 17.4 Å². The van der Waals surface area contributed by atoms with Gasteiger partial charge < -0.3 is 4.90 Å². The SMILES string of the molecule is O=C(CCc1cn(-c2ccc(-n3ccccc3=O)cc2N2CCS(=O)CC2)nn1)c1ccc(Cl)s1. The Hall–Kier alpha value is -3.08. The van der Waals surface area contributed by atoms with E-state index in [0.29, 0.717) is 52.3 Å². The number of thiophene rings is 1. The number of anilines is 1. The normalized spacial score (nSPS) is 14.4. The Bertz CT molecular complexity index is 1450. The number of hydrogen-bond donors (Lipinski definition) is 0. The predicted octanol–water partition coefficient (Wildman–Crippen LogP) is 3.52. The Kier molecular flexibility index (Phi) is 6.94. The van der Waals surface area contributed by atoms with Crippen LogP contribution in [-0.4, -0.2) is 54.1 Å². The van der Waals surface area contributed by atoms with E-state index in [1.54, 1.807) is 33.6 Å². The van der Waals surface area contributed by atoms with Crippen LogP contribution in [0.3, 0.4) is 0 Å². The number of pyridine rings is 1. The third-order valence-electron chi connectivity index (χ3n) is 5.82. The summed E-state index contributed by atoms with van der Waals surface area (Å²) in [7, 11) is -0.819. The van der Waals surface area contributed by atoms with Gasteiger partial charge in [0.2, 0.25) is 0 Å². The van der Waals surface area contributed by atoms with E-state index in [1.807, 2.05) is 30.5 Å². The molecule has 0 amide bonds. The highest BCUT2D eigenvalue weighted by Gasteiger charge is 2.21. The van der Waals surface area contributed by atoms with Crippen molar-refractivity contribution in [3.8, 4) is 11.4 Å². The molecular weight excluding hydrogens is 506 g/mol. The topological polar surface area (TPSA) is 90.1 Å². The Morgan fingerprint density at radius 1 is 1.09 bits per heavy atom. The molecule has 3 aromatic heterocycles. The quantitative estimate of drug-likeness (QED) is 0.342. The highest BCUT2D eigenvalue weighted by molar-refractivity contribution is 7.85. The molecule has 35 heavy (non-hydrogen) atoms. The number of Topliss-reactive ketones (excluding diaryl/α,β-unsaturated/α-hetero) is 1. The van der Waals surface area contributed by atoms with Gasteiger partial charge in [-0.3, -0.25) is 18.4 Å². The number of carbonyl (C=O) groups is 1. The number of ketones is 1. The molecule has 1 aliphatic rings. The van der Waals surface area contributed by atoms with Crippen molar-refractivity contribution >= 4 is 45.2 Å². The Morgan fingerprint density at radius 2 is 1.91 bits per heavy atom.